The molecule has 136 valence electrons. The first kappa shape index (κ1) is 19.0. The normalized spacial score (nSPS) is 17.2. The highest BCUT2D eigenvalue weighted by Gasteiger charge is 2.35. The second-order valence-electron chi connectivity index (χ2n) is 5.58. The zero-order valence-electron chi connectivity index (χ0n) is 13.3. The van der Waals surface area contributed by atoms with Crippen LogP contribution in [0.1, 0.15) is 24.8 Å². The minimum Gasteiger partial charge on any atom is -0.376 e. The Morgan fingerprint density at radius 3 is 2.80 bits per heavy atom. The summed E-state index contributed by atoms with van der Waals surface area (Å²) in [4.78, 5) is 13.5. The van der Waals surface area contributed by atoms with Gasteiger partial charge in [-0.15, -0.1) is 0 Å². The molecule has 1 saturated heterocycles. The number of nitrogens with zero attached hydrogens (tertiary/aromatic N) is 2. The third-order valence-corrected chi connectivity index (χ3v) is 3.78. The molecule has 1 unspecified atom stereocenters. The molecule has 9 heteroatoms. The van der Waals surface area contributed by atoms with E-state index >= 15 is 0 Å². The lowest BCUT2D eigenvalue weighted by molar-refractivity contribution is -0.137. The molecule has 0 spiro atoms. The Balaban J connectivity index is 2.18. The summed E-state index contributed by atoms with van der Waals surface area (Å²) in [5.74, 6) is -1.18. The van der Waals surface area contributed by atoms with Gasteiger partial charge in [0.2, 0.25) is 0 Å². The fourth-order valence-corrected chi connectivity index (χ4v) is 2.57. The largest absolute Gasteiger partial charge is 0.418 e. The van der Waals surface area contributed by atoms with Gasteiger partial charge < -0.3 is 15.0 Å². The van der Waals surface area contributed by atoms with Crippen LogP contribution in [0.15, 0.2) is 18.2 Å². The first-order valence-corrected chi connectivity index (χ1v) is 7.73. The Bertz CT molecular complexity index is 652. The van der Waals surface area contributed by atoms with E-state index in [2.05, 4.69) is 0 Å². The number of nitrogens with one attached hydrogen (secondary N) is 1. The maximum atomic E-state index is 13.9. The fourth-order valence-electron chi connectivity index (χ4n) is 2.57. The van der Waals surface area contributed by atoms with Crippen LogP contribution >= 0.6 is 0 Å². The van der Waals surface area contributed by atoms with Crippen molar-refractivity contribution < 1.29 is 27.1 Å². The number of carbonyl (C=O) groups excluding carboxylic acids is 1. The summed E-state index contributed by atoms with van der Waals surface area (Å²) in [5.41, 5.74) is -2.19. The highest BCUT2D eigenvalue weighted by atomic mass is 19.4. The van der Waals surface area contributed by atoms with Gasteiger partial charge in [-0.1, -0.05) is 6.07 Å². The molecule has 1 aromatic carbocycles. The number of amides is 2. The maximum absolute atomic E-state index is 13.9. The van der Waals surface area contributed by atoms with Crippen molar-refractivity contribution in [1.29, 1.82) is 5.26 Å². The molecule has 0 aliphatic carbocycles. The number of carbonyl (C=O) groups is 1. The van der Waals surface area contributed by atoms with Gasteiger partial charge in [0.1, 0.15) is 5.82 Å². The van der Waals surface area contributed by atoms with Crippen molar-refractivity contribution in [2.75, 3.05) is 25.0 Å². The summed E-state index contributed by atoms with van der Waals surface area (Å²) in [5, 5.41) is 10.7. The van der Waals surface area contributed by atoms with Gasteiger partial charge in [0.05, 0.1) is 29.8 Å². The second kappa shape index (κ2) is 8.16. The lowest BCUT2D eigenvalue weighted by Gasteiger charge is -2.25. The average Bonchev–Trinajstić information content (AvgIpc) is 3.05. The van der Waals surface area contributed by atoms with E-state index in [-0.39, 0.29) is 25.6 Å². The third kappa shape index (κ3) is 5.06. The SMILES string of the molecule is N#CCCN(CC1CCCO1)C(=O)Nc1c(F)cccc1C(F)(F)F. The molecule has 25 heavy (non-hydrogen) atoms. The molecule has 0 bridgehead atoms. The van der Waals surface area contributed by atoms with Gasteiger partial charge in [-0.2, -0.15) is 18.4 Å². The summed E-state index contributed by atoms with van der Waals surface area (Å²) >= 11 is 0. The summed E-state index contributed by atoms with van der Waals surface area (Å²) in [7, 11) is 0. The van der Waals surface area contributed by atoms with Crippen LogP contribution in [0.4, 0.5) is 28.0 Å². The average molecular weight is 359 g/mol. The van der Waals surface area contributed by atoms with Crippen LogP contribution < -0.4 is 5.32 Å². The zero-order chi connectivity index (χ0) is 18.4. The molecule has 2 rings (SSSR count). The first-order chi connectivity index (χ1) is 11.8. The molecule has 1 aromatic rings. The van der Waals surface area contributed by atoms with Crippen molar-refractivity contribution in [2.45, 2.75) is 31.5 Å². The Morgan fingerprint density at radius 2 is 2.20 bits per heavy atom. The van der Waals surface area contributed by atoms with Crippen LogP contribution in [0.3, 0.4) is 0 Å². The highest BCUT2D eigenvalue weighted by Crippen LogP contribution is 2.36. The summed E-state index contributed by atoms with van der Waals surface area (Å²) < 4.78 is 58.3. The smallest absolute Gasteiger partial charge is 0.376 e. The van der Waals surface area contributed by atoms with Crippen molar-refractivity contribution in [2.24, 2.45) is 0 Å². The third-order valence-electron chi connectivity index (χ3n) is 3.78. The van der Waals surface area contributed by atoms with Gasteiger partial charge in [0, 0.05) is 19.7 Å². The first-order valence-electron chi connectivity index (χ1n) is 7.73. The molecule has 0 aromatic heterocycles. The Morgan fingerprint density at radius 1 is 1.44 bits per heavy atom. The van der Waals surface area contributed by atoms with Gasteiger partial charge in [-0.05, 0) is 25.0 Å². The van der Waals surface area contributed by atoms with E-state index in [0.29, 0.717) is 19.1 Å². The number of hydrogen-bond donors (Lipinski definition) is 1. The molecule has 0 radical (unpaired) electrons. The maximum Gasteiger partial charge on any atom is 0.418 e. The number of anilines is 1. The van der Waals surface area contributed by atoms with E-state index in [1.807, 2.05) is 11.4 Å². The molecule has 1 aliphatic heterocycles. The van der Waals surface area contributed by atoms with Crippen LogP contribution in [0, 0.1) is 17.1 Å². The minimum absolute atomic E-state index is 0.00351. The Labute approximate surface area is 142 Å². The molecule has 1 fully saturated rings. The molecule has 1 atom stereocenters. The Kier molecular flexibility index (Phi) is 6.20. The van der Waals surface area contributed by atoms with Crippen molar-refractivity contribution in [1.82, 2.24) is 4.90 Å². The standard InChI is InChI=1S/C16H17F4N3O2/c17-13-6-1-5-12(16(18,19)20)14(13)22-15(24)23(8-3-7-21)10-11-4-2-9-25-11/h1,5-6,11H,2-4,8-10H2,(H,22,24). The van der Waals surface area contributed by atoms with E-state index in [0.717, 1.165) is 18.6 Å². The van der Waals surface area contributed by atoms with Crippen LogP contribution in [-0.2, 0) is 10.9 Å². The number of ether oxygens (including phenoxy) is 1. The molecule has 5 nitrogen and oxygen atoms in total. The number of nitriles is 1. The van der Waals surface area contributed by atoms with E-state index in [4.69, 9.17) is 10.00 Å². The monoisotopic (exact) mass is 359 g/mol. The predicted molar refractivity (Wildman–Crippen MR) is 81.2 cm³/mol. The topological polar surface area (TPSA) is 65.4 Å². The van der Waals surface area contributed by atoms with Crippen molar-refractivity contribution in [3.8, 4) is 6.07 Å². The number of benzene rings is 1. The van der Waals surface area contributed by atoms with Gasteiger partial charge in [0.15, 0.2) is 0 Å². The van der Waals surface area contributed by atoms with Crippen LogP contribution in [0.25, 0.3) is 0 Å². The van der Waals surface area contributed by atoms with Crippen LogP contribution in [0.2, 0.25) is 0 Å². The number of halogens is 4. The minimum atomic E-state index is -4.81. The van der Waals surface area contributed by atoms with Crippen LogP contribution in [0.5, 0.6) is 0 Å². The van der Waals surface area contributed by atoms with Crippen molar-refractivity contribution >= 4 is 11.7 Å². The summed E-state index contributed by atoms with van der Waals surface area (Å²) in [6.45, 7) is 0.686. The summed E-state index contributed by atoms with van der Waals surface area (Å²) in [6.07, 6.45) is -3.51. The van der Waals surface area contributed by atoms with E-state index in [9.17, 15) is 22.4 Å². The van der Waals surface area contributed by atoms with Gasteiger partial charge in [-0.25, -0.2) is 9.18 Å². The number of para-hydroxylation sites is 1. The van der Waals surface area contributed by atoms with Gasteiger partial charge in [0.25, 0.3) is 0 Å². The van der Waals surface area contributed by atoms with Crippen LogP contribution in [-0.4, -0.2) is 36.7 Å². The van der Waals surface area contributed by atoms with Crippen molar-refractivity contribution in [3.05, 3.63) is 29.6 Å². The molecule has 0 saturated carbocycles. The zero-order valence-corrected chi connectivity index (χ0v) is 13.3. The number of alkyl halides is 3. The Hall–Kier alpha value is -2.34. The molecule has 2 amide bonds. The van der Waals surface area contributed by atoms with Crippen molar-refractivity contribution in [3.63, 3.8) is 0 Å². The number of urea groups is 1. The quantitative estimate of drug-likeness (QED) is 0.814. The van der Waals surface area contributed by atoms with Gasteiger partial charge in [-0.3, -0.25) is 0 Å². The molecular formula is C16H17F4N3O2. The molecular weight excluding hydrogens is 342 g/mol. The van der Waals surface area contributed by atoms with E-state index < -0.39 is 29.3 Å². The molecule has 1 N–H and O–H groups in total. The molecule has 1 heterocycles. The summed E-state index contributed by atoms with van der Waals surface area (Å²) in [6, 6.07) is 3.43. The number of hydrogen-bond acceptors (Lipinski definition) is 3. The lowest BCUT2D eigenvalue weighted by Crippen LogP contribution is -2.41. The van der Waals surface area contributed by atoms with E-state index in [1.54, 1.807) is 0 Å². The highest BCUT2D eigenvalue weighted by molar-refractivity contribution is 5.90. The van der Waals surface area contributed by atoms with Gasteiger partial charge >= 0.3 is 12.2 Å². The van der Waals surface area contributed by atoms with E-state index in [1.165, 1.54) is 4.90 Å². The predicted octanol–water partition coefficient (Wildman–Crippen LogP) is 3.77. The second-order valence-corrected chi connectivity index (χ2v) is 5.58. The fraction of sp³-hybridized carbons (Fsp3) is 0.500. The molecule has 1 aliphatic rings. The lowest BCUT2D eigenvalue weighted by atomic mass is 10.1. The number of rotatable bonds is 5.